The molecule has 0 saturated carbocycles. The zero-order chi connectivity index (χ0) is 27.0. The van der Waals surface area contributed by atoms with E-state index in [1.54, 1.807) is 12.1 Å². The number of hydrogen-bond acceptors (Lipinski definition) is 13. The van der Waals surface area contributed by atoms with Gasteiger partial charge in [-0.05, 0) is 38.3 Å². The van der Waals surface area contributed by atoms with Crippen LogP contribution in [0.25, 0.3) is 11.3 Å². The Morgan fingerprint density at radius 3 is 2.16 bits per heavy atom. The first-order chi connectivity index (χ1) is 18.2. The van der Waals surface area contributed by atoms with Crippen LogP contribution >= 0.6 is 0 Å². The number of anilines is 3. The van der Waals surface area contributed by atoms with E-state index in [2.05, 4.69) is 25.5 Å². The summed E-state index contributed by atoms with van der Waals surface area (Å²) in [7, 11) is 0. The molecule has 0 bridgehead atoms. The van der Waals surface area contributed by atoms with Gasteiger partial charge in [-0.3, -0.25) is 20.2 Å². The van der Waals surface area contributed by atoms with E-state index in [1.165, 1.54) is 15.2 Å². The number of aromatic nitrogens is 6. The molecule has 0 aliphatic carbocycles. The van der Waals surface area contributed by atoms with E-state index in [-0.39, 0.29) is 28.7 Å². The molecule has 6 rings (SSSR count). The standard InChI is InChI=1S/C11H14N6O2.C10H13N7O2/c12-10-4-8(3-7-1-2-13-5-7)15-11-9(17(18)19)6-14-16(10)11;11-6-1-2-15(5-6)9-3-8(12)16-10(14-9)7(4-13-16)17(18)19/h4,6-7,13H,1-3,5,12H2;3-4,6H,1-2,5,11-12H2/t7-;6-/m10/s1. The highest BCUT2D eigenvalue weighted by Crippen LogP contribution is 2.26. The first kappa shape index (κ1) is 25.0. The maximum Gasteiger partial charge on any atom is 0.333 e. The molecule has 200 valence electrons. The number of nitrogen functional groups attached to an aromatic ring is 2. The zero-order valence-corrected chi connectivity index (χ0v) is 20.3. The Bertz CT molecular complexity index is 1510. The number of rotatable bonds is 5. The van der Waals surface area contributed by atoms with Gasteiger partial charge in [-0.2, -0.15) is 19.2 Å². The smallest absolute Gasteiger partial charge is 0.333 e. The molecule has 4 aromatic rings. The molecule has 17 nitrogen and oxygen atoms in total. The molecule has 0 unspecified atom stereocenters. The number of nitrogens with one attached hydrogen (secondary N) is 1. The summed E-state index contributed by atoms with van der Waals surface area (Å²) >= 11 is 0. The molecule has 4 aromatic heterocycles. The van der Waals surface area contributed by atoms with Crippen LogP contribution in [0.4, 0.5) is 28.8 Å². The van der Waals surface area contributed by atoms with Crippen LogP contribution in [-0.2, 0) is 6.42 Å². The molecule has 7 N–H and O–H groups in total. The van der Waals surface area contributed by atoms with Gasteiger partial charge in [0.15, 0.2) is 0 Å². The third-order valence-corrected chi connectivity index (χ3v) is 6.60. The minimum atomic E-state index is -0.520. The number of nitro groups is 2. The Kier molecular flexibility index (Phi) is 6.60. The summed E-state index contributed by atoms with van der Waals surface area (Å²) in [6, 6.07) is 3.49. The van der Waals surface area contributed by atoms with Crippen LogP contribution in [0.3, 0.4) is 0 Å². The largest absolute Gasteiger partial charge is 0.384 e. The van der Waals surface area contributed by atoms with Gasteiger partial charge in [0.25, 0.3) is 0 Å². The maximum absolute atomic E-state index is 10.9. The summed E-state index contributed by atoms with van der Waals surface area (Å²) in [5.41, 5.74) is 18.4. The summed E-state index contributed by atoms with van der Waals surface area (Å²) < 4.78 is 2.56. The molecule has 0 radical (unpaired) electrons. The van der Waals surface area contributed by atoms with Gasteiger partial charge in [0.2, 0.25) is 11.3 Å². The van der Waals surface area contributed by atoms with Gasteiger partial charge in [-0.1, -0.05) is 0 Å². The molecular formula is C21H27N13O4. The Hall–Kier alpha value is -4.64. The van der Waals surface area contributed by atoms with Crippen molar-refractivity contribution in [2.24, 2.45) is 11.7 Å². The highest BCUT2D eigenvalue weighted by molar-refractivity contribution is 5.66. The minimum absolute atomic E-state index is 0.0964. The fraction of sp³-hybridized carbons (Fsp3) is 0.429. The first-order valence-electron chi connectivity index (χ1n) is 12.0. The van der Waals surface area contributed by atoms with Crippen molar-refractivity contribution in [3.63, 3.8) is 0 Å². The highest BCUT2D eigenvalue weighted by atomic mass is 16.6. The Morgan fingerprint density at radius 2 is 1.61 bits per heavy atom. The molecule has 0 aromatic carbocycles. The topological polar surface area (TPSA) is 240 Å². The van der Waals surface area contributed by atoms with Gasteiger partial charge < -0.3 is 27.4 Å². The van der Waals surface area contributed by atoms with Crippen molar-refractivity contribution >= 4 is 40.1 Å². The van der Waals surface area contributed by atoms with E-state index in [4.69, 9.17) is 17.2 Å². The van der Waals surface area contributed by atoms with E-state index in [9.17, 15) is 20.2 Å². The van der Waals surface area contributed by atoms with Crippen LogP contribution in [0, 0.1) is 26.1 Å². The van der Waals surface area contributed by atoms with E-state index in [1.807, 2.05) is 4.90 Å². The van der Waals surface area contributed by atoms with Crippen molar-refractivity contribution in [2.75, 3.05) is 42.5 Å². The number of nitrogens with zero attached hydrogens (tertiary/aromatic N) is 9. The molecule has 2 fully saturated rings. The molecule has 2 saturated heterocycles. The maximum atomic E-state index is 10.9. The molecule has 38 heavy (non-hydrogen) atoms. The lowest BCUT2D eigenvalue weighted by Gasteiger charge is -2.17. The summed E-state index contributed by atoms with van der Waals surface area (Å²) in [5, 5.41) is 32.9. The third-order valence-electron chi connectivity index (χ3n) is 6.60. The average Bonchev–Trinajstić information content (AvgIpc) is 3.66. The fourth-order valence-electron chi connectivity index (χ4n) is 4.69. The van der Waals surface area contributed by atoms with Gasteiger partial charge in [0.05, 0.1) is 9.85 Å². The lowest BCUT2D eigenvalue weighted by molar-refractivity contribution is -0.383. The van der Waals surface area contributed by atoms with Gasteiger partial charge in [0, 0.05) is 37.0 Å². The summed E-state index contributed by atoms with van der Waals surface area (Å²) in [6.07, 6.45) is 5.07. The summed E-state index contributed by atoms with van der Waals surface area (Å²) in [6.45, 7) is 3.40. The summed E-state index contributed by atoms with van der Waals surface area (Å²) in [5.74, 6) is 1.80. The SMILES string of the molecule is Nc1cc(C[C@H]2CCNC2)nc2c([N+](=O)[O-])cnn12.Nc1cc(N2CC[C@H](N)C2)nc2c([N+](=O)[O-])cnn12. The summed E-state index contributed by atoms with van der Waals surface area (Å²) in [4.78, 5) is 31.4. The van der Waals surface area contributed by atoms with E-state index in [0.29, 0.717) is 29.9 Å². The quantitative estimate of drug-likeness (QED) is 0.200. The molecule has 2 aliphatic heterocycles. The normalized spacial score (nSPS) is 19.1. The van der Waals surface area contributed by atoms with Crippen LogP contribution in [0.15, 0.2) is 24.5 Å². The number of hydrogen-bond donors (Lipinski definition) is 4. The molecule has 6 heterocycles. The monoisotopic (exact) mass is 525 g/mol. The third kappa shape index (κ3) is 4.83. The molecule has 0 spiro atoms. The van der Waals surface area contributed by atoms with Gasteiger partial charge in [0.1, 0.15) is 29.8 Å². The predicted octanol–water partition coefficient (Wildman–Crippen LogP) is 0.129. The van der Waals surface area contributed by atoms with Crippen LogP contribution in [0.1, 0.15) is 18.5 Å². The van der Waals surface area contributed by atoms with Crippen molar-refractivity contribution in [1.29, 1.82) is 0 Å². The molecule has 17 heteroatoms. The fourth-order valence-corrected chi connectivity index (χ4v) is 4.69. The molecule has 0 amide bonds. The lowest BCUT2D eigenvalue weighted by atomic mass is 10.0. The van der Waals surface area contributed by atoms with Gasteiger partial charge in [-0.15, -0.1) is 0 Å². The van der Waals surface area contributed by atoms with E-state index < -0.39 is 9.85 Å². The number of nitrogens with two attached hydrogens (primary N) is 3. The van der Waals surface area contributed by atoms with Crippen molar-refractivity contribution < 1.29 is 9.85 Å². The Balaban J connectivity index is 0.000000155. The van der Waals surface area contributed by atoms with Crippen LogP contribution in [0.2, 0.25) is 0 Å². The number of fused-ring (bicyclic) bond motifs is 2. The van der Waals surface area contributed by atoms with Crippen molar-refractivity contribution in [3.8, 4) is 0 Å². The highest BCUT2D eigenvalue weighted by Gasteiger charge is 2.24. The van der Waals surface area contributed by atoms with E-state index >= 15 is 0 Å². The van der Waals surface area contributed by atoms with E-state index in [0.717, 1.165) is 50.8 Å². The first-order valence-corrected chi connectivity index (χ1v) is 12.0. The Labute approximate surface area is 214 Å². The second-order valence-corrected chi connectivity index (χ2v) is 9.31. The van der Waals surface area contributed by atoms with Crippen LogP contribution < -0.4 is 27.4 Å². The van der Waals surface area contributed by atoms with Gasteiger partial charge in [-0.25, -0.2) is 9.97 Å². The van der Waals surface area contributed by atoms with Crippen molar-refractivity contribution in [3.05, 3.63) is 50.4 Å². The molecule has 2 aliphatic rings. The lowest BCUT2D eigenvalue weighted by Crippen LogP contribution is -2.27. The van der Waals surface area contributed by atoms with Crippen LogP contribution in [-0.4, -0.2) is 71.3 Å². The molecular weight excluding hydrogens is 498 g/mol. The zero-order valence-electron chi connectivity index (χ0n) is 20.3. The minimum Gasteiger partial charge on any atom is -0.384 e. The van der Waals surface area contributed by atoms with Crippen LogP contribution in [0.5, 0.6) is 0 Å². The average molecular weight is 526 g/mol. The second kappa shape index (κ2) is 10.0. The predicted molar refractivity (Wildman–Crippen MR) is 138 cm³/mol. The van der Waals surface area contributed by atoms with Crippen molar-refractivity contribution in [1.82, 2.24) is 34.5 Å². The van der Waals surface area contributed by atoms with Gasteiger partial charge >= 0.3 is 11.4 Å². The molecule has 2 atom stereocenters. The second-order valence-electron chi connectivity index (χ2n) is 9.31. The Morgan fingerprint density at radius 1 is 0.974 bits per heavy atom. The van der Waals surface area contributed by atoms with Crippen molar-refractivity contribution in [2.45, 2.75) is 25.3 Å².